The minimum Gasteiger partial charge on any atom is -0.480 e. The fraction of sp³-hybridized carbons (Fsp3) is 0.167. The average Bonchev–Trinajstić information content (AvgIpc) is 2.90. The van der Waals surface area contributed by atoms with Gasteiger partial charge in [0.25, 0.3) is 5.91 Å². The standard InChI is InChI=1S/C18H15ClN2O3S/c1-10-6-7-15-14(8-10)21(11(2)17(23)24)18(25-15)20-16(22)12-4-3-5-13(19)9-12/h3-9,11H,1-2H3,(H,23,24)/b20-18-. The van der Waals surface area contributed by atoms with E-state index >= 15 is 0 Å². The van der Waals surface area contributed by atoms with E-state index in [4.69, 9.17) is 11.6 Å². The number of aromatic nitrogens is 1. The SMILES string of the molecule is Cc1ccc2s/c(=N\C(=O)c3cccc(Cl)c3)n(C(C)C(=O)O)c2c1. The summed E-state index contributed by atoms with van der Waals surface area (Å²) in [6.07, 6.45) is 0. The summed E-state index contributed by atoms with van der Waals surface area (Å²) in [5.41, 5.74) is 2.11. The van der Waals surface area contributed by atoms with E-state index in [1.54, 1.807) is 29.7 Å². The summed E-state index contributed by atoms with van der Waals surface area (Å²) in [6, 6.07) is 11.4. The number of carboxylic acids is 1. The Morgan fingerprint density at radius 1 is 1.24 bits per heavy atom. The molecule has 1 unspecified atom stereocenters. The number of aryl methyl sites for hydroxylation is 1. The average molecular weight is 375 g/mol. The molecular formula is C18H15ClN2O3S. The van der Waals surface area contributed by atoms with Crippen molar-refractivity contribution in [3.05, 3.63) is 63.4 Å². The molecule has 0 spiro atoms. The third-order valence-electron chi connectivity index (χ3n) is 3.79. The van der Waals surface area contributed by atoms with Gasteiger partial charge in [-0.05, 0) is 49.7 Å². The molecule has 1 heterocycles. The highest BCUT2D eigenvalue weighted by Crippen LogP contribution is 2.22. The van der Waals surface area contributed by atoms with Gasteiger partial charge in [-0.2, -0.15) is 4.99 Å². The molecule has 2 aromatic carbocycles. The molecule has 0 saturated heterocycles. The fourth-order valence-electron chi connectivity index (χ4n) is 2.49. The van der Waals surface area contributed by atoms with Crippen LogP contribution in [0.3, 0.4) is 0 Å². The largest absolute Gasteiger partial charge is 0.480 e. The van der Waals surface area contributed by atoms with Gasteiger partial charge >= 0.3 is 5.97 Å². The van der Waals surface area contributed by atoms with E-state index in [0.29, 0.717) is 15.4 Å². The summed E-state index contributed by atoms with van der Waals surface area (Å²) in [5.74, 6) is -1.45. The number of aliphatic carboxylic acids is 1. The highest BCUT2D eigenvalue weighted by molar-refractivity contribution is 7.16. The van der Waals surface area contributed by atoms with Crippen LogP contribution in [0, 0.1) is 6.92 Å². The third-order valence-corrected chi connectivity index (χ3v) is 5.07. The van der Waals surface area contributed by atoms with Crippen molar-refractivity contribution < 1.29 is 14.7 Å². The van der Waals surface area contributed by atoms with Crippen molar-refractivity contribution in [1.82, 2.24) is 4.57 Å². The summed E-state index contributed by atoms with van der Waals surface area (Å²) in [7, 11) is 0. The molecule has 0 aliphatic rings. The van der Waals surface area contributed by atoms with Gasteiger partial charge in [0.1, 0.15) is 6.04 Å². The number of thiazole rings is 1. The highest BCUT2D eigenvalue weighted by atomic mass is 35.5. The number of amides is 1. The van der Waals surface area contributed by atoms with Crippen LogP contribution in [0.25, 0.3) is 10.2 Å². The number of carboxylic acid groups (broad SMARTS) is 1. The zero-order valence-electron chi connectivity index (χ0n) is 13.6. The first-order chi connectivity index (χ1) is 11.9. The van der Waals surface area contributed by atoms with Crippen LogP contribution in [-0.4, -0.2) is 21.6 Å². The number of carbonyl (C=O) groups is 2. The second kappa shape index (κ2) is 6.82. The van der Waals surface area contributed by atoms with E-state index in [2.05, 4.69) is 4.99 Å². The van der Waals surface area contributed by atoms with Crippen molar-refractivity contribution in [3.8, 4) is 0 Å². The molecule has 0 saturated carbocycles. The molecule has 3 aromatic rings. The Morgan fingerprint density at radius 2 is 2.00 bits per heavy atom. The van der Waals surface area contributed by atoms with Crippen LogP contribution in [0.1, 0.15) is 28.9 Å². The summed E-state index contributed by atoms with van der Waals surface area (Å²) in [4.78, 5) is 28.5. The van der Waals surface area contributed by atoms with E-state index in [1.165, 1.54) is 17.4 Å². The van der Waals surface area contributed by atoms with Crippen LogP contribution in [0.4, 0.5) is 0 Å². The maximum Gasteiger partial charge on any atom is 0.326 e. The number of carbonyl (C=O) groups excluding carboxylic acids is 1. The molecule has 7 heteroatoms. The molecule has 0 radical (unpaired) electrons. The topological polar surface area (TPSA) is 71.7 Å². The molecule has 25 heavy (non-hydrogen) atoms. The lowest BCUT2D eigenvalue weighted by Crippen LogP contribution is -2.25. The molecule has 1 N–H and O–H groups in total. The van der Waals surface area contributed by atoms with E-state index < -0.39 is 17.9 Å². The van der Waals surface area contributed by atoms with Crippen molar-refractivity contribution in [2.24, 2.45) is 4.99 Å². The molecule has 1 amide bonds. The van der Waals surface area contributed by atoms with Gasteiger partial charge < -0.3 is 9.67 Å². The quantitative estimate of drug-likeness (QED) is 0.751. The first-order valence-electron chi connectivity index (χ1n) is 7.56. The Bertz CT molecular complexity index is 1050. The summed E-state index contributed by atoms with van der Waals surface area (Å²) in [5, 5.41) is 9.88. The van der Waals surface area contributed by atoms with Crippen molar-refractivity contribution in [1.29, 1.82) is 0 Å². The van der Waals surface area contributed by atoms with Crippen LogP contribution in [0.2, 0.25) is 5.02 Å². The van der Waals surface area contributed by atoms with Crippen molar-refractivity contribution in [3.63, 3.8) is 0 Å². The maximum absolute atomic E-state index is 12.5. The van der Waals surface area contributed by atoms with Crippen molar-refractivity contribution in [2.75, 3.05) is 0 Å². The van der Waals surface area contributed by atoms with Gasteiger partial charge in [-0.15, -0.1) is 0 Å². The zero-order chi connectivity index (χ0) is 18.1. The van der Waals surface area contributed by atoms with E-state index in [0.717, 1.165) is 15.8 Å². The molecule has 5 nitrogen and oxygen atoms in total. The number of halogens is 1. The molecule has 3 rings (SSSR count). The highest BCUT2D eigenvalue weighted by Gasteiger charge is 2.19. The smallest absolute Gasteiger partial charge is 0.326 e. The normalized spacial score (nSPS) is 13.2. The Kier molecular flexibility index (Phi) is 4.74. The lowest BCUT2D eigenvalue weighted by Gasteiger charge is -2.10. The van der Waals surface area contributed by atoms with Gasteiger partial charge in [-0.1, -0.05) is 35.1 Å². The molecule has 128 valence electrons. The predicted molar refractivity (Wildman–Crippen MR) is 98.2 cm³/mol. The van der Waals surface area contributed by atoms with Gasteiger partial charge in [0.2, 0.25) is 0 Å². The van der Waals surface area contributed by atoms with Crippen LogP contribution < -0.4 is 4.80 Å². The monoisotopic (exact) mass is 374 g/mol. The first-order valence-corrected chi connectivity index (χ1v) is 8.75. The summed E-state index contributed by atoms with van der Waals surface area (Å²) in [6.45, 7) is 3.50. The molecule has 0 bridgehead atoms. The minimum atomic E-state index is -0.988. The Morgan fingerprint density at radius 3 is 2.68 bits per heavy atom. The summed E-state index contributed by atoms with van der Waals surface area (Å²) < 4.78 is 2.45. The molecule has 0 fully saturated rings. The van der Waals surface area contributed by atoms with Gasteiger partial charge in [-0.3, -0.25) is 4.79 Å². The molecular weight excluding hydrogens is 360 g/mol. The third kappa shape index (κ3) is 3.50. The summed E-state index contributed by atoms with van der Waals surface area (Å²) >= 11 is 7.21. The van der Waals surface area contributed by atoms with Gasteiger partial charge in [-0.25, -0.2) is 4.79 Å². The minimum absolute atomic E-state index is 0.348. The first kappa shape index (κ1) is 17.4. The van der Waals surface area contributed by atoms with Gasteiger partial charge in [0.15, 0.2) is 4.80 Å². The molecule has 1 atom stereocenters. The van der Waals surface area contributed by atoms with E-state index in [9.17, 15) is 14.7 Å². The number of hydrogen-bond donors (Lipinski definition) is 1. The van der Waals surface area contributed by atoms with Crippen LogP contribution in [-0.2, 0) is 4.79 Å². The Balaban J connectivity index is 2.22. The maximum atomic E-state index is 12.5. The van der Waals surface area contributed by atoms with Crippen molar-refractivity contribution in [2.45, 2.75) is 19.9 Å². The number of hydrogen-bond acceptors (Lipinski definition) is 3. The van der Waals surface area contributed by atoms with Crippen LogP contribution in [0.15, 0.2) is 47.5 Å². The zero-order valence-corrected chi connectivity index (χ0v) is 15.1. The number of fused-ring (bicyclic) bond motifs is 1. The van der Waals surface area contributed by atoms with E-state index in [-0.39, 0.29) is 0 Å². The Hall–Kier alpha value is -2.44. The molecule has 0 aliphatic heterocycles. The molecule has 0 aliphatic carbocycles. The fourth-order valence-corrected chi connectivity index (χ4v) is 3.76. The lowest BCUT2D eigenvalue weighted by atomic mass is 10.2. The number of rotatable bonds is 3. The Labute approximate surface area is 152 Å². The molecule has 1 aromatic heterocycles. The predicted octanol–water partition coefficient (Wildman–Crippen LogP) is 4.05. The number of nitrogens with zero attached hydrogens (tertiary/aromatic N) is 2. The van der Waals surface area contributed by atoms with Crippen LogP contribution >= 0.6 is 22.9 Å². The van der Waals surface area contributed by atoms with E-state index in [1.807, 2.05) is 25.1 Å². The van der Waals surface area contributed by atoms with Crippen molar-refractivity contribution >= 4 is 45.0 Å². The van der Waals surface area contributed by atoms with Gasteiger partial charge in [0, 0.05) is 10.6 Å². The second-order valence-electron chi connectivity index (χ2n) is 5.67. The van der Waals surface area contributed by atoms with Crippen LogP contribution in [0.5, 0.6) is 0 Å². The number of benzene rings is 2. The van der Waals surface area contributed by atoms with Gasteiger partial charge in [0.05, 0.1) is 10.2 Å². The lowest BCUT2D eigenvalue weighted by molar-refractivity contribution is -0.140. The second-order valence-corrected chi connectivity index (χ2v) is 7.11.